The molecule has 28 heavy (non-hydrogen) atoms. The summed E-state index contributed by atoms with van der Waals surface area (Å²) in [7, 11) is 0. The normalized spacial score (nSPS) is 10.9. The van der Waals surface area contributed by atoms with E-state index in [0.29, 0.717) is 17.9 Å². The van der Waals surface area contributed by atoms with Gasteiger partial charge in [0, 0.05) is 22.3 Å². The molecule has 0 aliphatic carbocycles. The molecule has 0 radical (unpaired) electrons. The fourth-order valence-corrected chi connectivity index (χ4v) is 3.92. The Labute approximate surface area is 166 Å². The Morgan fingerprint density at radius 1 is 1.21 bits per heavy atom. The van der Waals surface area contributed by atoms with Gasteiger partial charge >= 0.3 is 0 Å². The highest BCUT2D eigenvalue weighted by molar-refractivity contribution is 7.13. The minimum atomic E-state index is -0.156. The van der Waals surface area contributed by atoms with Crippen molar-refractivity contribution in [2.24, 2.45) is 0 Å². The van der Waals surface area contributed by atoms with Crippen LogP contribution in [0, 0.1) is 6.92 Å². The molecule has 4 rings (SSSR count). The highest BCUT2D eigenvalue weighted by atomic mass is 32.1. The van der Waals surface area contributed by atoms with E-state index in [-0.39, 0.29) is 12.5 Å². The quantitative estimate of drug-likeness (QED) is 0.524. The molecule has 7 heteroatoms. The van der Waals surface area contributed by atoms with Crippen LogP contribution in [-0.2, 0) is 11.3 Å². The number of amides is 1. The van der Waals surface area contributed by atoms with Gasteiger partial charge in [0.25, 0.3) is 0 Å². The summed E-state index contributed by atoms with van der Waals surface area (Å²) in [5.74, 6) is 0.622. The van der Waals surface area contributed by atoms with Gasteiger partial charge < -0.3 is 10.1 Å². The first-order valence-corrected chi connectivity index (χ1v) is 9.92. The predicted octanol–water partition coefficient (Wildman–Crippen LogP) is 4.51. The van der Waals surface area contributed by atoms with E-state index >= 15 is 0 Å². The molecule has 0 bridgehead atoms. The number of hydrogen-bond donors (Lipinski definition) is 1. The lowest BCUT2D eigenvalue weighted by Crippen LogP contribution is -2.19. The number of fused-ring (bicyclic) bond motifs is 1. The molecule has 0 saturated carbocycles. The molecule has 0 atom stereocenters. The first-order chi connectivity index (χ1) is 13.7. The molecule has 0 saturated heterocycles. The molecule has 1 amide bonds. The largest absolute Gasteiger partial charge is 0.494 e. The summed E-state index contributed by atoms with van der Waals surface area (Å²) in [4.78, 5) is 18.2. The summed E-state index contributed by atoms with van der Waals surface area (Å²) in [5, 5.41) is 10.5. The van der Waals surface area contributed by atoms with Crippen molar-refractivity contribution in [2.45, 2.75) is 20.4 Å². The lowest BCUT2D eigenvalue weighted by molar-refractivity contribution is -0.116. The molecule has 0 spiro atoms. The Morgan fingerprint density at radius 3 is 2.75 bits per heavy atom. The van der Waals surface area contributed by atoms with Crippen LogP contribution in [0.5, 0.6) is 5.75 Å². The number of carbonyl (C=O) groups is 1. The van der Waals surface area contributed by atoms with Crippen molar-refractivity contribution in [3.63, 3.8) is 0 Å². The predicted molar refractivity (Wildman–Crippen MR) is 112 cm³/mol. The van der Waals surface area contributed by atoms with Crippen LogP contribution in [0.4, 0.5) is 5.69 Å². The zero-order valence-electron chi connectivity index (χ0n) is 15.7. The smallest absolute Gasteiger partial charge is 0.246 e. The van der Waals surface area contributed by atoms with E-state index in [1.165, 1.54) is 0 Å². The SMILES string of the molecule is CCOc1ccc(NC(=O)Cn2nc(C)c3c(-c4cccs4)ccnc32)cc1. The Hall–Kier alpha value is -3.19. The van der Waals surface area contributed by atoms with Crippen molar-refractivity contribution in [1.82, 2.24) is 14.8 Å². The van der Waals surface area contributed by atoms with Crippen molar-refractivity contribution >= 4 is 34.0 Å². The van der Waals surface area contributed by atoms with Crippen LogP contribution >= 0.6 is 11.3 Å². The second kappa shape index (κ2) is 7.82. The zero-order valence-corrected chi connectivity index (χ0v) is 16.5. The number of carbonyl (C=O) groups excluding carboxylic acids is 1. The van der Waals surface area contributed by atoms with Crippen molar-refractivity contribution in [3.05, 3.63) is 59.7 Å². The molecule has 3 aromatic heterocycles. The Morgan fingerprint density at radius 2 is 2.04 bits per heavy atom. The van der Waals surface area contributed by atoms with Gasteiger partial charge in [-0.2, -0.15) is 5.10 Å². The maximum absolute atomic E-state index is 12.5. The van der Waals surface area contributed by atoms with Crippen molar-refractivity contribution in [2.75, 3.05) is 11.9 Å². The number of pyridine rings is 1. The lowest BCUT2D eigenvalue weighted by atomic mass is 10.1. The number of rotatable bonds is 6. The minimum absolute atomic E-state index is 0.0957. The number of benzene rings is 1. The molecule has 0 unspecified atom stereocenters. The van der Waals surface area contributed by atoms with E-state index in [9.17, 15) is 4.79 Å². The molecule has 6 nitrogen and oxygen atoms in total. The second-order valence-electron chi connectivity index (χ2n) is 6.28. The first-order valence-electron chi connectivity index (χ1n) is 9.04. The summed E-state index contributed by atoms with van der Waals surface area (Å²) in [6.45, 7) is 4.59. The number of hydrogen-bond acceptors (Lipinski definition) is 5. The summed E-state index contributed by atoms with van der Waals surface area (Å²) < 4.78 is 7.08. The fourth-order valence-electron chi connectivity index (χ4n) is 3.17. The molecule has 1 aromatic carbocycles. The summed E-state index contributed by atoms with van der Waals surface area (Å²) in [6.07, 6.45) is 1.76. The Bertz CT molecular complexity index is 1100. The number of ether oxygens (including phenoxy) is 1. The topological polar surface area (TPSA) is 69.0 Å². The number of thiophene rings is 1. The van der Waals surface area contributed by atoms with Crippen LogP contribution in [-0.4, -0.2) is 27.3 Å². The Balaban J connectivity index is 1.56. The zero-order chi connectivity index (χ0) is 19.5. The van der Waals surface area contributed by atoms with Gasteiger partial charge in [0.15, 0.2) is 5.65 Å². The highest BCUT2D eigenvalue weighted by Crippen LogP contribution is 2.32. The molecular weight excluding hydrogens is 372 g/mol. The molecular formula is C21H20N4O2S. The van der Waals surface area contributed by atoms with E-state index in [2.05, 4.69) is 21.5 Å². The number of aromatic nitrogens is 3. The van der Waals surface area contributed by atoms with Gasteiger partial charge in [-0.1, -0.05) is 6.07 Å². The number of nitrogens with one attached hydrogen (secondary N) is 1. The van der Waals surface area contributed by atoms with Gasteiger partial charge in [-0.25, -0.2) is 9.67 Å². The third kappa shape index (κ3) is 3.61. The van der Waals surface area contributed by atoms with Gasteiger partial charge in [0.2, 0.25) is 5.91 Å². The fraction of sp³-hybridized carbons (Fsp3) is 0.190. The number of anilines is 1. The highest BCUT2D eigenvalue weighted by Gasteiger charge is 2.16. The number of aryl methyl sites for hydroxylation is 1. The van der Waals surface area contributed by atoms with Gasteiger partial charge in [-0.3, -0.25) is 4.79 Å². The van der Waals surface area contributed by atoms with E-state index in [4.69, 9.17) is 4.74 Å². The lowest BCUT2D eigenvalue weighted by Gasteiger charge is -2.08. The van der Waals surface area contributed by atoms with Crippen molar-refractivity contribution in [3.8, 4) is 16.2 Å². The van der Waals surface area contributed by atoms with E-state index in [1.807, 2.05) is 55.6 Å². The second-order valence-corrected chi connectivity index (χ2v) is 7.23. The van der Waals surface area contributed by atoms with E-state index in [0.717, 1.165) is 27.3 Å². The van der Waals surface area contributed by atoms with Crippen LogP contribution in [0.3, 0.4) is 0 Å². The molecule has 1 N–H and O–H groups in total. The van der Waals surface area contributed by atoms with Gasteiger partial charge in [-0.15, -0.1) is 11.3 Å². The van der Waals surface area contributed by atoms with Crippen LogP contribution in [0.25, 0.3) is 21.5 Å². The molecule has 0 aliphatic rings. The van der Waals surface area contributed by atoms with E-state index < -0.39 is 0 Å². The van der Waals surface area contributed by atoms with Crippen LogP contribution in [0.2, 0.25) is 0 Å². The number of nitrogens with zero attached hydrogens (tertiary/aromatic N) is 3. The monoisotopic (exact) mass is 392 g/mol. The van der Waals surface area contributed by atoms with Gasteiger partial charge in [-0.05, 0) is 55.6 Å². The van der Waals surface area contributed by atoms with Crippen molar-refractivity contribution < 1.29 is 9.53 Å². The molecule has 3 heterocycles. The standard InChI is InChI=1S/C21H20N4O2S/c1-3-27-16-8-6-15(7-9-16)23-19(26)13-25-21-20(14(2)24-25)17(10-11-22-21)18-5-4-12-28-18/h4-12H,3,13H2,1-2H3,(H,23,26). The van der Waals surface area contributed by atoms with Gasteiger partial charge in [0.1, 0.15) is 12.3 Å². The molecule has 0 fully saturated rings. The molecule has 0 aliphatic heterocycles. The van der Waals surface area contributed by atoms with Crippen LogP contribution in [0.15, 0.2) is 54.0 Å². The van der Waals surface area contributed by atoms with E-state index in [1.54, 1.807) is 22.2 Å². The van der Waals surface area contributed by atoms with Crippen LogP contribution < -0.4 is 10.1 Å². The average molecular weight is 392 g/mol. The Kier molecular flexibility index (Phi) is 5.08. The maximum Gasteiger partial charge on any atom is 0.246 e. The summed E-state index contributed by atoms with van der Waals surface area (Å²) in [6, 6.07) is 13.4. The molecule has 4 aromatic rings. The first kappa shape index (κ1) is 18.2. The third-order valence-corrected chi connectivity index (χ3v) is 5.24. The summed E-state index contributed by atoms with van der Waals surface area (Å²) >= 11 is 1.67. The third-order valence-electron chi connectivity index (χ3n) is 4.34. The summed E-state index contributed by atoms with van der Waals surface area (Å²) in [5.41, 5.74) is 3.38. The van der Waals surface area contributed by atoms with Gasteiger partial charge in [0.05, 0.1) is 17.7 Å². The van der Waals surface area contributed by atoms with Crippen LogP contribution in [0.1, 0.15) is 12.6 Å². The molecule has 142 valence electrons. The van der Waals surface area contributed by atoms with Crippen molar-refractivity contribution in [1.29, 1.82) is 0 Å². The maximum atomic E-state index is 12.5. The average Bonchev–Trinajstić information content (AvgIpc) is 3.33. The minimum Gasteiger partial charge on any atom is -0.494 e.